The van der Waals surface area contributed by atoms with Crippen LogP contribution in [0.25, 0.3) is 0 Å². The van der Waals surface area contributed by atoms with E-state index < -0.39 is 47.7 Å². The molecular formula is C37H62N2O9. The van der Waals surface area contributed by atoms with Crippen LogP contribution in [0.15, 0.2) is 36.0 Å². The Kier molecular flexibility index (Phi) is 14.7. The molecule has 1 amide bonds. The highest BCUT2D eigenvalue weighted by Crippen LogP contribution is 2.37. The Balaban J connectivity index is 1.78. The number of esters is 1. The number of carbonyl (C=O) groups excluding carboxylic acids is 2. The normalized spacial score (nSPS) is 34.7. The van der Waals surface area contributed by atoms with E-state index >= 15 is 0 Å². The van der Waals surface area contributed by atoms with Gasteiger partial charge in [0.1, 0.15) is 11.7 Å². The summed E-state index contributed by atoms with van der Waals surface area (Å²) < 4.78 is 23.7. The summed E-state index contributed by atoms with van der Waals surface area (Å²) in [5, 5.41) is 32.0. The van der Waals surface area contributed by atoms with Crippen LogP contribution in [0.5, 0.6) is 0 Å². The highest BCUT2D eigenvalue weighted by molar-refractivity contribution is 5.70. The molecule has 3 heterocycles. The first-order valence-corrected chi connectivity index (χ1v) is 17.6. The molecular weight excluding hydrogens is 616 g/mol. The number of aliphatic hydroxyl groups is 3. The second-order valence-electron chi connectivity index (χ2n) is 14.8. The van der Waals surface area contributed by atoms with Crippen LogP contribution in [0, 0.1) is 11.8 Å². The Labute approximate surface area is 287 Å². The Morgan fingerprint density at radius 3 is 2.56 bits per heavy atom. The predicted octanol–water partition coefficient (Wildman–Crippen LogP) is 4.39. The van der Waals surface area contributed by atoms with Crippen molar-refractivity contribution in [2.45, 2.75) is 140 Å². The molecule has 0 radical (unpaired) electrons. The van der Waals surface area contributed by atoms with Gasteiger partial charge in [0.05, 0.1) is 36.4 Å². The number of amides is 1. The van der Waals surface area contributed by atoms with Crippen LogP contribution in [0.2, 0.25) is 0 Å². The summed E-state index contributed by atoms with van der Waals surface area (Å²) >= 11 is 0. The largest absolute Gasteiger partial charge is 0.457 e. The van der Waals surface area contributed by atoms with E-state index in [0.29, 0.717) is 19.3 Å². The summed E-state index contributed by atoms with van der Waals surface area (Å²) in [7, 11) is 5.41. The van der Waals surface area contributed by atoms with Crippen LogP contribution in [-0.4, -0.2) is 125 Å². The van der Waals surface area contributed by atoms with Crippen LogP contribution in [0.3, 0.4) is 0 Å². The summed E-state index contributed by atoms with van der Waals surface area (Å²) in [4.78, 5) is 30.3. The first-order chi connectivity index (χ1) is 22.5. The standard InChI is InChI=1S/C37H62N2O9/c1-10-29(41)26(4)34-30(46-34)23-36(5,44)18-11-12-24(2)33-25(3)13-14-31(37(6,45-9)19-15-28(40)22-32(42)48-33)47-35(43)39(8)27-16-20-38(7)21-17-27/h11-14,18,25-31,33-34,40-41,44H,10,15-17,19-23H2,1-9H3/b14-13+,18-11+,24-12+. The van der Waals surface area contributed by atoms with E-state index in [2.05, 4.69) is 11.9 Å². The molecule has 0 spiro atoms. The molecule has 0 bridgehead atoms. The van der Waals surface area contributed by atoms with Gasteiger partial charge in [0.25, 0.3) is 0 Å². The van der Waals surface area contributed by atoms with Crippen molar-refractivity contribution in [2.75, 3.05) is 34.3 Å². The smallest absolute Gasteiger partial charge is 0.410 e. The highest BCUT2D eigenvalue weighted by Gasteiger charge is 2.47. The number of hydrogen-bond acceptors (Lipinski definition) is 10. The van der Waals surface area contributed by atoms with Crippen molar-refractivity contribution in [1.82, 2.24) is 9.80 Å². The van der Waals surface area contributed by atoms with Gasteiger partial charge in [-0.15, -0.1) is 0 Å². The lowest BCUT2D eigenvalue weighted by atomic mass is 9.88. The third kappa shape index (κ3) is 11.4. The molecule has 2 fully saturated rings. The number of epoxide rings is 1. The summed E-state index contributed by atoms with van der Waals surface area (Å²) in [5.74, 6) is -0.841. The van der Waals surface area contributed by atoms with E-state index in [4.69, 9.17) is 18.9 Å². The van der Waals surface area contributed by atoms with Gasteiger partial charge >= 0.3 is 12.1 Å². The molecule has 11 heteroatoms. The topological polar surface area (TPSA) is 142 Å². The molecule has 0 aromatic heterocycles. The van der Waals surface area contributed by atoms with Gasteiger partial charge in [-0.25, -0.2) is 4.79 Å². The van der Waals surface area contributed by atoms with E-state index in [-0.39, 0.29) is 42.9 Å². The molecule has 274 valence electrons. The van der Waals surface area contributed by atoms with Gasteiger partial charge in [-0.1, -0.05) is 45.1 Å². The zero-order valence-corrected chi connectivity index (χ0v) is 30.6. The number of rotatable bonds is 11. The molecule has 10 unspecified atom stereocenters. The van der Waals surface area contributed by atoms with Gasteiger partial charge in [0.15, 0.2) is 6.10 Å². The Bertz CT molecular complexity index is 1150. The second kappa shape index (κ2) is 17.6. The van der Waals surface area contributed by atoms with Gasteiger partial charge in [0.2, 0.25) is 0 Å². The van der Waals surface area contributed by atoms with Crippen molar-refractivity contribution in [1.29, 1.82) is 0 Å². The monoisotopic (exact) mass is 678 g/mol. The highest BCUT2D eigenvalue weighted by atomic mass is 16.6. The number of cyclic esters (lactones) is 1. The lowest BCUT2D eigenvalue weighted by Gasteiger charge is -2.38. The summed E-state index contributed by atoms with van der Waals surface area (Å²) in [6.07, 6.45) is 8.68. The SMILES string of the molecule is CCC(O)C(C)C1OC1CC(C)(O)/C=C/C=C(\C)C1OC(=O)CC(O)CCC(C)(OC)C(OC(=O)N(C)C2CCN(C)CC2)/C=C/C1C. The van der Waals surface area contributed by atoms with Gasteiger partial charge < -0.3 is 44.1 Å². The third-order valence-corrected chi connectivity index (χ3v) is 10.6. The quantitative estimate of drug-likeness (QED) is 0.125. The molecule has 3 rings (SSSR count). The summed E-state index contributed by atoms with van der Waals surface area (Å²) in [5.41, 5.74) is -1.35. The maximum atomic E-state index is 13.4. The fraction of sp³-hybridized carbons (Fsp3) is 0.784. The fourth-order valence-corrected chi connectivity index (χ4v) is 6.73. The van der Waals surface area contributed by atoms with Crippen molar-refractivity contribution in [2.24, 2.45) is 11.8 Å². The maximum Gasteiger partial charge on any atom is 0.410 e. The van der Waals surface area contributed by atoms with Crippen molar-refractivity contribution in [3.8, 4) is 0 Å². The lowest BCUT2D eigenvalue weighted by molar-refractivity contribution is -0.151. The van der Waals surface area contributed by atoms with E-state index in [1.165, 1.54) is 0 Å². The molecule has 0 aliphatic carbocycles. The fourth-order valence-electron chi connectivity index (χ4n) is 6.73. The van der Waals surface area contributed by atoms with E-state index in [1.807, 2.05) is 40.7 Å². The van der Waals surface area contributed by atoms with E-state index in [1.54, 1.807) is 50.3 Å². The van der Waals surface area contributed by atoms with Crippen molar-refractivity contribution in [3.63, 3.8) is 0 Å². The van der Waals surface area contributed by atoms with Crippen molar-refractivity contribution in [3.05, 3.63) is 36.0 Å². The van der Waals surface area contributed by atoms with Crippen LogP contribution in [0.4, 0.5) is 4.79 Å². The molecule has 11 nitrogen and oxygen atoms in total. The summed E-state index contributed by atoms with van der Waals surface area (Å²) in [6, 6.07) is 0.0830. The number of piperidine rings is 1. The zero-order valence-electron chi connectivity index (χ0n) is 30.6. The molecule has 48 heavy (non-hydrogen) atoms. The molecule has 0 aromatic rings. The minimum atomic E-state index is -1.14. The third-order valence-electron chi connectivity index (χ3n) is 10.6. The molecule has 3 N–H and O–H groups in total. The predicted molar refractivity (Wildman–Crippen MR) is 184 cm³/mol. The first kappa shape index (κ1) is 40.2. The second-order valence-corrected chi connectivity index (χ2v) is 14.8. The first-order valence-electron chi connectivity index (χ1n) is 17.6. The number of hydrogen-bond donors (Lipinski definition) is 3. The molecule has 10 atom stereocenters. The molecule has 0 aromatic carbocycles. The lowest BCUT2D eigenvalue weighted by Crippen LogP contribution is -2.49. The minimum Gasteiger partial charge on any atom is -0.457 e. The van der Waals surface area contributed by atoms with Crippen LogP contribution in [-0.2, 0) is 23.7 Å². The van der Waals surface area contributed by atoms with Gasteiger partial charge in [-0.3, -0.25) is 4.79 Å². The van der Waals surface area contributed by atoms with Crippen molar-refractivity contribution < 1.29 is 43.9 Å². The number of aliphatic hydroxyl groups excluding tert-OH is 2. The zero-order chi connectivity index (χ0) is 35.8. The minimum absolute atomic E-state index is 0.00396. The van der Waals surface area contributed by atoms with E-state index in [0.717, 1.165) is 31.5 Å². The number of methoxy groups -OCH3 is 1. The molecule has 3 aliphatic rings. The van der Waals surface area contributed by atoms with Crippen LogP contribution < -0.4 is 0 Å². The van der Waals surface area contributed by atoms with Gasteiger partial charge in [-0.2, -0.15) is 0 Å². The number of carbonyl (C=O) groups is 2. The van der Waals surface area contributed by atoms with Gasteiger partial charge in [0, 0.05) is 38.5 Å². The Hall–Kier alpha value is -2.28. The molecule has 2 saturated heterocycles. The number of ether oxygens (including phenoxy) is 4. The van der Waals surface area contributed by atoms with Crippen LogP contribution in [0.1, 0.15) is 86.5 Å². The average Bonchev–Trinajstić information content (AvgIpc) is 3.80. The average molecular weight is 679 g/mol. The Morgan fingerprint density at radius 2 is 1.94 bits per heavy atom. The van der Waals surface area contributed by atoms with E-state index in [9.17, 15) is 24.9 Å². The van der Waals surface area contributed by atoms with Gasteiger partial charge in [-0.05, 0) is 84.7 Å². The molecule has 3 aliphatic heterocycles. The van der Waals surface area contributed by atoms with Crippen molar-refractivity contribution >= 4 is 12.1 Å². The maximum absolute atomic E-state index is 13.4. The number of nitrogens with zero attached hydrogens (tertiary/aromatic N) is 2. The number of allylic oxidation sites excluding steroid dienone is 2. The molecule has 0 saturated carbocycles. The Morgan fingerprint density at radius 1 is 1.27 bits per heavy atom. The van der Waals surface area contributed by atoms with Crippen LogP contribution >= 0.6 is 0 Å². The number of likely N-dealkylation sites (tertiary alicyclic amines) is 1. The summed E-state index contributed by atoms with van der Waals surface area (Å²) in [6.45, 7) is 13.1.